The molecule has 0 spiro atoms. The molecule has 5 nitrogen and oxygen atoms in total. The molecule has 0 radical (unpaired) electrons. The van der Waals surface area contributed by atoms with Crippen LogP contribution in [0.4, 0.5) is 11.6 Å². The second kappa shape index (κ2) is 11.3. The van der Waals surface area contributed by atoms with Gasteiger partial charge < -0.3 is 15.4 Å². The Hall–Kier alpha value is -1.36. The van der Waals surface area contributed by atoms with Gasteiger partial charge in [0.25, 0.3) is 0 Å². The zero-order valence-corrected chi connectivity index (χ0v) is 13.7. The maximum atomic E-state index is 5.56. The Morgan fingerprint density at radius 1 is 0.905 bits per heavy atom. The van der Waals surface area contributed by atoms with Crippen LogP contribution in [0, 0.1) is 0 Å². The molecule has 2 N–H and O–H groups in total. The minimum Gasteiger partial charge on any atom is -0.381 e. The van der Waals surface area contributed by atoms with Crippen LogP contribution in [0.2, 0.25) is 0 Å². The van der Waals surface area contributed by atoms with Gasteiger partial charge in [-0.3, -0.25) is 0 Å². The highest BCUT2D eigenvalue weighted by Gasteiger charge is 2.08. The van der Waals surface area contributed by atoms with E-state index in [1.807, 2.05) is 0 Å². The van der Waals surface area contributed by atoms with Crippen LogP contribution >= 0.6 is 0 Å². The molecule has 0 unspecified atom stereocenters. The first-order chi connectivity index (χ1) is 10.3. The van der Waals surface area contributed by atoms with Crippen molar-refractivity contribution < 1.29 is 4.74 Å². The molecule has 1 rings (SSSR count). The van der Waals surface area contributed by atoms with Gasteiger partial charge in [0.1, 0.15) is 18.0 Å². The quantitative estimate of drug-likeness (QED) is 0.578. The molecule has 0 saturated heterocycles. The van der Waals surface area contributed by atoms with Gasteiger partial charge in [-0.15, -0.1) is 0 Å². The smallest absolute Gasteiger partial charge is 0.134 e. The molecule has 21 heavy (non-hydrogen) atoms. The maximum Gasteiger partial charge on any atom is 0.134 e. The van der Waals surface area contributed by atoms with Gasteiger partial charge in [-0.1, -0.05) is 27.2 Å². The first kappa shape index (κ1) is 17.7. The summed E-state index contributed by atoms with van der Waals surface area (Å²) in [5.74, 6) is 1.90. The maximum absolute atomic E-state index is 5.56. The number of unbranched alkanes of at least 4 members (excludes halogenated alkanes) is 1. The Morgan fingerprint density at radius 3 is 2.19 bits per heavy atom. The molecule has 0 saturated carbocycles. The van der Waals surface area contributed by atoms with Crippen molar-refractivity contribution in [2.24, 2.45) is 0 Å². The number of ether oxygens (including phenoxy) is 1. The van der Waals surface area contributed by atoms with Crippen LogP contribution in [0.15, 0.2) is 6.33 Å². The Bertz CT molecular complexity index is 385. The van der Waals surface area contributed by atoms with E-state index in [4.69, 9.17) is 4.74 Å². The van der Waals surface area contributed by atoms with Crippen LogP contribution in [0.3, 0.4) is 0 Å². The van der Waals surface area contributed by atoms with Crippen molar-refractivity contribution in [2.75, 3.05) is 36.9 Å². The Labute approximate surface area is 128 Å². The standard InChI is InChI=1S/C16H30N4O/c1-4-7-11-21-12-8-10-18-16-14(6-3)15(17-9-5-2)19-13-20-16/h13H,4-12H2,1-3H3,(H2,17,18,19,20). The fraction of sp³-hybridized carbons (Fsp3) is 0.750. The third-order valence-electron chi connectivity index (χ3n) is 3.24. The van der Waals surface area contributed by atoms with Crippen molar-refractivity contribution >= 4 is 11.6 Å². The lowest BCUT2D eigenvalue weighted by atomic mass is 10.2. The fourth-order valence-electron chi connectivity index (χ4n) is 2.02. The molecule has 1 aromatic heterocycles. The summed E-state index contributed by atoms with van der Waals surface area (Å²) < 4.78 is 5.56. The number of rotatable bonds is 12. The summed E-state index contributed by atoms with van der Waals surface area (Å²) >= 11 is 0. The lowest BCUT2D eigenvalue weighted by Crippen LogP contribution is -2.12. The minimum atomic E-state index is 0.806. The van der Waals surface area contributed by atoms with Crippen LogP contribution < -0.4 is 10.6 Å². The van der Waals surface area contributed by atoms with Crippen molar-refractivity contribution in [3.8, 4) is 0 Å². The molecule has 1 aromatic rings. The molecular formula is C16H30N4O. The third-order valence-corrected chi connectivity index (χ3v) is 3.24. The predicted octanol–water partition coefficient (Wildman–Crippen LogP) is 3.48. The molecule has 120 valence electrons. The minimum absolute atomic E-state index is 0.806. The zero-order chi connectivity index (χ0) is 15.3. The van der Waals surface area contributed by atoms with E-state index in [9.17, 15) is 0 Å². The molecular weight excluding hydrogens is 264 g/mol. The Morgan fingerprint density at radius 2 is 1.57 bits per heavy atom. The number of nitrogens with zero attached hydrogens (tertiary/aromatic N) is 2. The number of hydrogen-bond donors (Lipinski definition) is 2. The normalized spacial score (nSPS) is 10.6. The van der Waals surface area contributed by atoms with E-state index in [-0.39, 0.29) is 0 Å². The van der Waals surface area contributed by atoms with Gasteiger partial charge in [0.05, 0.1) is 0 Å². The van der Waals surface area contributed by atoms with Crippen molar-refractivity contribution in [2.45, 2.75) is 52.9 Å². The number of hydrogen-bond acceptors (Lipinski definition) is 5. The molecule has 0 bridgehead atoms. The molecule has 1 heterocycles. The van der Waals surface area contributed by atoms with E-state index >= 15 is 0 Å². The van der Waals surface area contributed by atoms with Crippen LogP contribution in [-0.2, 0) is 11.2 Å². The van der Waals surface area contributed by atoms with Crippen molar-refractivity contribution in [3.63, 3.8) is 0 Å². The SMILES string of the molecule is CCCCOCCCNc1ncnc(NCCC)c1CC. The van der Waals surface area contributed by atoms with Gasteiger partial charge in [-0.25, -0.2) is 9.97 Å². The van der Waals surface area contributed by atoms with Gasteiger partial charge in [0, 0.05) is 31.9 Å². The monoisotopic (exact) mass is 294 g/mol. The molecule has 0 aliphatic carbocycles. The summed E-state index contributed by atoms with van der Waals surface area (Å²) in [4.78, 5) is 8.70. The van der Waals surface area contributed by atoms with Crippen LogP contribution in [-0.4, -0.2) is 36.3 Å². The average Bonchev–Trinajstić information content (AvgIpc) is 2.52. The second-order valence-corrected chi connectivity index (χ2v) is 5.08. The van der Waals surface area contributed by atoms with Gasteiger partial charge >= 0.3 is 0 Å². The number of nitrogens with one attached hydrogen (secondary N) is 2. The van der Waals surface area contributed by atoms with E-state index in [1.54, 1.807) is 6.33 Å². The molecule has 0 aromatic carbocycles. The van der Waals surface area contributed by atoms with Crippen LogP contribution in [0.5, 0.6) is 0 Å². The molecule has 0 fully saturated rings. The fourth-order valence-corrected chi connectivity index (χ4v) is 2.02. The van der Waals surface area contributed by atoms with Crippen molar-refractivity contribution in [1.82, 2.24) is 9.97 Å². The molecule has 0 atom stereocenters. The number of aromatic nitrogens is 2. The summed E-state index contributed by atoms with van der Waals surface area (Å²) in [6, 6.07) is 0. The summed E-state index contributed by atoms with van der Waals surface area (Å²) in [5.41, 5.74) is 1.16. The molecule has 5 heteroatoms. The van der Waals surface area contributed by atoms with Crippen LogP contribution in [0.25, 0.3) is 0 Å². The average molecular weight is 294 g/mol. The van der Waals surface area contributed by atoms with Gasteiger partial charge in [-0.05, 0) is 25.7 Å². The van der Waals surface area contributed by atoms with Gasteiger partial charge in [0.2, 0.25) is 0 Å². The molecule has 0 aliphatic heterocycles. The molecule has 0 aliphatic rings. The predicted molar refractivity (Wildman–Crippen MR) is 89.0 cm³/mol. The van der Waals surface area contributed by atoms with E-state index in [0.29, 0.717) is 0 Å². The van der Waals surface area contributed by atoms with E-state index < -0.39 is 0 Å². The summed E-state index contributed by atoms with van der Waals surface area (Å²) in [6.07, 6.45) is 6.96. The lowest BCUT2D eigenvalue weighted by molar-refractivity contribution is 0.131. The highest BCUT2D eigenvalue weighted by molar-refractivity contribution is 5.57. The first-order valence-electron chi connectivity index (χ1n) is 8.22. The highest BCUT2D eigenvalue weighted by atomic mass is 16.5. The van der Waals surface area contributed by atoms with Crippen molar-refractivity contribution in [1.29, 1.82) is 0 Å². The second-order valence-electron chi connectivity index (χ2n) is 5.08. The van der Waals surface area contributed by atoms with E-state index in [1.165, 1.54) is 6.42 Å². The highest BCUT2D eigenvalue weighted by Crippen LogP contribution is 2.20. The lowest BCUT2D eigenvalue weighted by Gasteiger charge is -2.14. The van der Waals surface area contributed by atoms with E-state index in [2.05, 4.69) is 41.4 Å². The number of anilines is 2. The summed E-state index contributed by atoms with van der Waals surface area (Å²) in [5, 5.41) is 6.76. The van der Waals surface area contributed by atoms with Crippen LogP contribution in [0.1, 0.15) is 52.0 Å². The Balaban J connectivity index is 2.39. The van der Waals surface area contributed by atoms with Gasteiger partial charge in [-0.2, -0.15) is 0 Å². The summed E-state index contributed by atoms with van der Waals surface area (Å²) in [6.45, 7) is 9.96. The Kier molecular flexibility index (Phi) is 9.53. The van der Waals surface area contributed by atoms with Gasteiger partial charge in [0.15, 0.2) is 0 Å². The van der Waals surface area contributed by atoms with E-state index in [0.717, 1.165) is 69.2 Å². The largest absolute Gasteiger partial charge is 0.381 e. The zero-order valence-electron chi connectivity index (χ0n) is 13.7. The summed E-state index contributed by atoms with van der Waals surface area (Å²) in [7, 11) is 0. The molecule has 0 amide bonds. The third kappa shape index (κ3) is 6.76. The van der Waals surface area contributed by atoms with Crippen molar-refractivity contribution in [3.05, 3.63) is 11.9 Å². The topological polar surface area (TPSA) is 59.1 Å². The first-order valence-corrected chi connectivity index (χ1v) is 8.22.